The summed E-state index contributed by atoms with van der Waals surface area (Å²) in [5, 5.41) is 0. The van der Waals surface area contributed by atoms with Crippen LogP contribution in [-0.4, -0.2) is 12.9 Å². The number of unbranched alkanes of at least 4 members (excludes halogenated alkanes) is 1. The molecule has 2 aromatic carbocycles. The van der Waals surface area contributed by atoms with Crippen molar-refractivity contribution in [3.8, 4) is 5.75 Å². The molecule has 2 nitrogen and oxygen atoms in total. The Morgan fingerprint density at radius 3 is 2.23 bits per heavy atom. The highest BCUT2D eigenvalue weighted by molar-refractivity contribution is 9.10. The second-order valence-corrected chi connectivity index (χ2v) is 6.31. The monoisotopic (exact) mass is 360 g/mol. The number of carbonyl (C=O) groups is 1. The van der Waals surface area contributed by atoms with Gasteiger partial charge in [0.05, 0.1) is 7.11 Å². The first-order valence-electron chi connectivity index (χ1n) is 7.56. The Labute approximate surface area is 140 Å². The first-order valence-corrected chi connectivity index (χ1v) is 8.36. The topological polar surface area (TPSA) is 26.3 Å². The fraction of sp³-hybridized carbons (Fsp3) is 0.316. The Morgan fingerprint density at radius 2 is 1.59 bits per heavy atom. The van der Waals surface area contributed by atoms with Gasteiger partial charge in [0.1, 0.15) is 11.5 Å². The van der Waals surface area contributed by atoms with E-state index >= 15 is 0 Å². The van der Waals surface area contributed by atoms with Gasteiger partial charge in [-0.1, -0.05) is 40.2 Å². The van der Waals surface area contributed by atoms with E-state index in [1.165, 1.54) is 5.56 Å². The van der Waals surface area contributed by atoms with Crippen molar-refractivity contribution in [2.45, 2.75) is 32.1 Å². The molecule has 0 atom stereocenters. The van der Waals surface area contributed by atoms with Crippen LogP contribution in [0.3, 0.4) is 0 Å². The molecule has 0 heterocycles. The summed E-state index contributed by atoms with van der Waals surface area (Å²) in [5.74, 6) is 1.20. The minimum atomic E-state index is 0.317. The highest BCUT2D eigenvalue weighted by Crippen LogP contribution is 2.15. The maximum Gasteiger partial charge on any atom is 0.137 e. The zero-order valence-electron chi connectivity index (χ0n) is 12.8. The molecule has 0 fully saturated rings. The summed E-state index contributed by atoms with van der Waals surface area (Å²) in [6.07, 6.45) is 4.19. The Bertz CT molecular complexity index is 588. The number of halogens is 1. The Hall–Kier alpha value is -1.61. The van der Waals surface area contributed by atoms with Crippen LogP contribution in [-0.2, 0) is 17.6 Å². The van der Waals surface area contributed by atoms with Crippen molar-refractivity contribution in [3.63, 3.8) is 0 Å². The van der Waals surface area contributed by atoms with Crippen molar-refractivity contribution in [3.05, 3.63) is 64.1 Å². The molecular formula is C19H21BrO2. The lowest BCUT2D eigenvalue weighted by Gasteiger charge is -2.04. The summed E-state index contributed by atoms with van der Waals surface area (Å²) in [6, 6.07) is 16.1. The lowest BCUT2D eigenvalue weighted by atomic mass is 10.0. The molecule has 116 valence electrons. The van der Waals surface area contributed by atoms with E-state index in [-0.39, 0.29) is 0 Å². The first-order chi connectivity index (χ1) is 10.7. The van der Waals surface area contributed by atoms with Crippen LogP contribution in [0.2, 0.25) is 0 Å². The molecule has 0 unspecified atom stereocenters. The standard InChI is InChI=1S/C19H21BrO2/c1-22-19-12-8-15(9-13-19)4-2-3-5-18(21)14-16-6-10-17(20)11-7-16/h6-13H,2-5,14H2,1H3. The van der Waals surface area contributed by atoms with Crippen LogP contribution >= 0.6 is 15.9 Å². The van der Waals surface area contributed by atoms with E-state index in [1.807, 2.05) is 36.4 Å². The molecule has 0 saturated carbocycles. The van der Waals surface area contributed by atoms with Gasteiger partial charge in [0, 0.05) is 17.3 Å². The van der Waals surface area contributed by atoms with Crippen LogP contribution in [0.25, 0.3) is 0 Å². The summed E-state index contributed by atoms with van der Waals surface area (Å²) >= 11 is 3.40. The molecule has 0 spiro atoms. The third kappa shape index (κ3) is 5.64. The number of methoxy groups -OCH3 is 1. The minimum absolute atomic E-state index is 0.317. The highest BCUT2D eigenvalue weighted by Gasteiger charge is 2.04. The lowest BCUT2D eigenvalue weighted by Crippen LogP contribution is -2.02. The lowest BCUT2D eigenvalue weighted by molar-refractivity contribution is -0.118. The number of benzene rings is 2. The first kappa shape index (κ1) is 16.8. The second kappa shape index (κ2) is 8.74. The van der Waals surface area contributed by atoms with Gasteiger partial charge in [-0.3, -0.25) is 4.79 Å². The van der Waals surface area contributed by atoms with Crippen LogP contribution in [0.5, 0.6) is 5.75 Å². The van der Waals surface area contributed by atoms with E-state index in [1.54, 1.807) is 7.11 Å². The molecule has 0 aliphatic heterocycles. The van der Waals surface area contributed by atoms with E-state index in [9.17, 15) is 4.79 Å². The molecule has 2 aromatic rings. The van der Waals surface area contributed by atoms with E-state index in [0.29, 0.717) is 18.6 Å². The third-order valence-corrected chi connectivity index (χ3v) is 4.17. The third-order valence-electron chi connectivity index (χ3n) is 3.64. The molecule has 0 aliphatic rings. The molecule has 3 heteroatoms. The van der Waals surface area contributed by atoms with Crippen molar-refractivity contribution in [2.24, 2.45) is 0 Å². The van der Waals surface area contributed by atoms with E-state index in [4.69, 9.17) is 4.74 Å². The van der Waals surface area contributed by atoms with Gasteiger partial charge in [0.15, 0.2) is 0 Å². The molecule has 0 bridgehead atoms. The number of aryl methyl sites for hydroxylation is 1. The van der Waals surface area contributed by atoms with Gasteiger partial charge in [-0.15, -0.1) is 0 Å². The average molecular weight is 361 g/mol. The predicted molar refractivity (Wildman–Crippen MR) is 93.4 cm³/mol. The summed E-state index contributed by atoms with van der Waals surface area (Å²) < 4.78 is 6.19. The predicted octanol–water partition coefficient (Wildman–Crippen LogP) is 4.98. The number of carbonyl (C=O) groups excluding carboxylic acids is 1. The van der Waals surface area contributed by atoms with Gasteiger partial charge in [-0.25, -0.2) is 0 Å². The zero-order valence-corrected chi connectivity index (χ0v) is 14.4. The number of hydrogen-bond donors (Lipinski definition) is 0. The van der Waals surface area contributed by atoms with Gasteiger partial charge < -0.3 is 4.74 Å². The fourth-order valence-corrected chi connectivity index (χ4v) is 2.63. The van der Waals surface area contributed by atoms with Crippen molar-refractivity contribution < 1.29 is 9.53 Å². The van der Waals surface area contributed by atoms with Crippen LogP contribution in [0.1, 0.15) is 30.4 Å². The van der Waals surface area contributed by atoms with Crippen molar-refractivity contribution in [1.29, 1.82) is 0 Å². The maximum absolute atomic E-state index is 12.0. The number of Topliss-reactive ketones (excluding diaryl/α,β-unsaturated/α-hetero) is 1. The fourth-order valence-electron chi connectivity index (χ4n) is 2.36. The summed E-state index contributed by atoms with van der Waals surface area (Å²) in [6.45, 7) is 0. The van der Waals surface area contributed by atoms with Gasteiger partial charge in [-0.05, 0) is 54.7 Å². The zero-order chi connectivity index (χ0) is 15.8. The van der Waals surface area contributed by atoms with E-state index in [2.05, 4.69) is 28.1 Å². The summed E-state index contributed by atoms with van der Waals surface area (Å²) in [4.78, 5) is 12.0. The molecule has 0 amide bonds. The Morgan fingerprint density at radius 1 is 0.955 bits per heavy atom. The summed E-state index contributed by atoms with van der Waals surface area (Å²) in [7, 11) is 1.67. The van der Waals surface area contributed by atoms with Crippen LogP contribution in [0, 0.1) is 0 Å². The van der Waals surface area contributed by atoms with Crippen LogP contribution < -0.4 is 4.74 Å². The molecule has 0 radical (unpaired) electrons. The van der Waals surface area contributed by atoms with Crippen molar-refractivity contribution >= 4 is 21.7 Å². The number of rotatable bonds is 8. The summed E-state index contributed by atoms with van der Waals surface area (Å²) in [5.41, 5.74) is 2.38. The smallest absolute Gasteiger partial charge is 0.137 e. The van der Waals surface area contributed by atoms with Crippen LogP contribution in [0.15, 0.2) is 53.0 Å². The Kier molecular flexibility index (Phi) is 6.66. The molecule has 0 N–H and O–H groups in total. The van der Waals surface area contributed by atoms with E-state index < -0.39 is 0 Å². The Balaban J connectivity index is 1.67. The molecule has 0 aliphatic carbocycles. The molecule has 0 aromatic heterocycles. The normalized spacial score (nSPS) is 10.5. The average Bonchev–Trinajstić information content (AvgIpc) is 2.54. The largest absolute Gasteiger partial charge is 0.497 e. The highest BCUT2D eigenvalue weighted by atomic mass is 79.9. The molecule has 2 rings (SSSR count). The molecule has 0 saturated heterocycles. The van der Waals surface area contributed by atoms with Crippen LogP contribution in [0.4, 0.5) is 0 Å². The quantitative estimate of drug-likeness (QED) is 0.620. The number of ketones is 1. The number of hydrogen-bond acceptors (Lipinski definition) is 2. The number of ether oxygens (including phenoxy) is 1. The SMILES string of the molecule is COc1ccc(CCCCC(=O)Cc2ccc(Br)cc2)cc1. The van der Waals surface area contributed by atoms with Gasteiger partial charge >= 0.3 is 0 Å². The maximum atomic E-state index is 12.0. The van der Waals surface area contributed by atoms with Gasteiger partial charge in [0.25, 0.3) is 0 Å². The molecule has 22 heavy (non-hydrogen) atoms. The van der Waals surface area contributed by atoms with E-state index in [0.717, 1.165) is 35.0 Å². The van der Waals surface area contributed by atoms with Crippen molar-refractivity contribution in [1.82, 2.24) is 0 Å². The van der Waals surface area contributed by atoms with Gasteiger partial charge in [0.2, 0.25) is 0 Å². The van der Waals surface area contributed by atoms with Gasteiger partial charge in [-0.2, -0.15) is 0 Å². The minimum Gasteiger partial charge on any atom is -0.497 e. The second-order valence-electron chi connectivity index (χ2n) is 5.40. The van der Waals surface area contributed by atoms with Crippen molar-refractivity contribution in [2.75, 3.05) is 7.11 Å². The molecular weight excluding hydrogens is 340 g/mol.